The lowest BCUT2D eigenvalue weighted by Gasteiger charge is -2.06. The fourth-order valence-electron chi connectivity index (χ4n) is 0.365. The van der Waals surface area contributed by atoms with Crippen molar-refractivity contribution in [3.63, 3.8) is 0 Å². The molecule has 1 atom stereocenters. The van der Waals surface area contributed by atoms with Gasteiger partial charge in [0.25, 0.3) is 0 Å². The zero-order chi connectivity index (χ0) is 7.98. The Labute approximate surface area is 58.9 Å². The van der Waals surface area contributed by atoms with Crippen molar-refractivity contribution >= 4 is 5.97 Å². The normalized spacial score (nSPS) is 13.0. The summed E-state index contributed by atoms with van der Waals surface area (Å²) in [5.74, 6) is -1.16. The average Bonchev–Trinajstić information content (AvgIpc) is 1.88. The van der Waals surface area contributed by atoms with Crippen LogP contribution in [0.2, 0.25) is 0 Å². The number of hydrogen-bond acceptors (Lipinski definition) is 4. The van der Waals surface area contributed by atoms with Crippen LogP contribution in [0.5, 0.6) is 0 Å². The van der Waals surface area contributed by atoms with Gasteiger partial charge in [-0.3, -0.25) is 5.73 Å². The van der Waals surface area contributed by atoms with Crippen molar-refractivity contribution in [1.29, 1.82) is 0 Å². The number of carboxylic acids is 1. The third-order valence-corrected chi connectivity index (χ3v) is 0.889. The molecule has 0 saturated heterocycles. The standard InChI is InChI=1S/C5H12N2O3/c6-2-1-3-10-4(7)5(8)9/h4H,1-3,6-7H2,(H,8,9). The molecule has 0 aliphatic carbocycles. The summed E-state index contributed by atoms with van der Waals surface area (Å²) in [5, 5.41) is 8.20. The number of nitrogens with two attached hydrogens (primary N) is 2. The lowest BCUT2D eigenvalue weighted by atomic mass is 10.5. The summed E-state index contributed by atoms with van der Waals surface area (Å²) in [6.45, 7) is 0.774. The van der Waals surface area contributed by atoms with E-state index >= 15 is 0 Å². The van der Waals surface area contributed by atoms with E-state index < -0.39 is 12.2 Å². The van der Waals surface area contributed by atoms with Crippen LogP contribution in [0.1, 0.15) is 6.42 Å². The third-order valence-electron chi connectivity index (χ3n) is 0.889. The molecule has 0 heterocycles. The zero-order valence-corrected chi connectivity index (χ0v) is 5.62. The molecule has 0 aromatic rings. The summed E-state index contributed by atoms with van der Waals surface area (Å²) < 4.78 is 4.64. The molecule has 5 nitrogen and oxygen atoms in total. The third kappa shape index (κ3) is 4.25. The van der Waals surface area contributed by atoms with E-state index in [4.69, 9.17) is 16.6 Å². The molecule has 0 aliphatic rings. The fraction of sp³-hybridized carbons (Fsp3) is 0.800. The molecule has 10 heavy (non-hydrogen) atoms. The zero-order valence-electron chi connectivity index (χ0n) is 5.62. The maximum atomic E-state index is 10.0. The van der Waals surface area contributed by atoms with Crippen molar-refractivity contribution in [2.24, 2.45) is 11.5 Å². The van der Waals surface area contributed by atoms with Gasteiger partial charge in [-0.15, -0.1) is 0 Å². The lowest BCUT2D eigenvalue weighted by molar-refractivity contribution is -0.150. The van der Waals surface area contributed by atoms with E-state index in [1.54, 1.807) is 0 Å². The minimum atomic E-state index is -1.22. The maximum Gasteiger partial charge on any atom is 0.347 e. The Morgan fingerprint density at radius 2 is 2.30 bits per heavy atom. The molecular weight excluding hydrogens is 136 g/mol. The molecule has 0 saturated carbocycles. The maximum absolute atomic E-state index is 10.0. The van der Waals surface area contributed by atoms with Gasteiger partial charge in [-0.25, -0.2) is 4.79 Å². The first-order chi connectivity index (χ1) is 4.68. The highest BCUT2D eigenvalue weighted by Crippen LogP contribution is 1.84. The fourth-order valence-corrected chi connectivity index (χ4v) is 0.365. The van der Waals surface area contributed by atoms with E-state index in [2.05, 4.69) is 4.74 Å². The van der Waals surface area contributed by atoms with Crippen molar-refractivity contribution in [2.45, 2.75) is 12.6 Å². The van der Waals surface area contributed by atoms with E-state index in [1.807, 2.05) is 0 Å². The summed E-state index contributed by atoms with van der Waals surface area (Å²) >= 11 is 0. The quantitative estimate of drug-likeness (QED) is 0.333. The van der Waals surface area contributed by atoms with Crippen LogP contribution in [0.15, 0.2) is 0 Å². The number of ether oxygens (including phenoxy) is 1. The highest BCUT2D eigenvalue weighted by molar-refractivity contribution is 5.71. The Hall–Kier alpha value is -0.650. The SMILES string of the molecule is NCCCOC(N)C(=O)O. The second-order valence-corrected chi connectivity index (χ2v) is 1.77. The van der Waals surface area contributed by atoms with Crippen molar-refractivity contribution in [2.75, 3.05) is 13.2 Å². The molecule has 0 aliphatic heterocycles. The van der Waals surface area contributed by atoms with E-state index in [-0.39, 0.29) is 0 Å². The average molecular weight is 148 g/mol. The Kier molecular flexibility index (Phi) is 4.82. The molecule has 60 valence electrons. The van der Waals surface area contributed by atoms with Crippen molar-refractivity contribution in [1.82, 2.24) is 0 Å². The predicted molar refractivity (Wildman–Crippen MR) is 35.2 cm³/mol. The number of aliphatic carboxylic acids is 1. The van der Waals surface area contributed by atoms with Crippen molar-refractivity contribution in [3.05, 3.63) is 0 Å². The van der Waals surface area contributed by atoms with Crippen LogP contribution in [-0.4, -0.2) is 30.5 Å². The molecule has 0 spiro atoms. The first-order valence-corrected chi connectivity index (χ1v) is 2.98. The van der Waals surface area contributed by atoms with Gasteiger partial charge in [-0.05, 0) is 13.0 Å². The van der Waals surface area contributed by atoms with Gasteiger partial charge in [-0.2, -0.15) is 0 Å². The number of rotatable bonds is 5. The van der Waals surface area contributed by atoms with Crippen LogP contribution in [0, 0.1) is 0 Å². The van der Waals surface area contributed by atoms with Crippen LogP contribution in [0.4, 0.5) is 0 Å². The first-order valence-electron chi connectivity index (χ1n) is 2.98. The molecule has 0 amide bonds. The Morgan fingerprint density at radius 3 is 2.70 bits per heavy atom. The minimum absolute atomic E-state index is 0.296. The predicted octanol–water partition coefficient (Wildman–Crippen LogP) is -1.28. The van der Waals surface area contributed by atoms with Crippen LogP contribution >= 0.6 is 0 Å². The van der Waals surface area contributed by atoms with Gasteiger partial charge >= 0.3 is 5.97 Å². The molecule has 1 unspecified atom stereocenters. The highest BCUT2D eigenvalue weighted by Gasteiger charge is 2.09. The minimum Gasteiger partial charge on any atom is -0.478 e. The van der Waals surface area contributed by atoms with Gasteiger partial charge in [0, 0.05) is 0 Å². The van der Waals surface area contributed by atoms with E-state index in [0.717, 1.165) is 0 Å². The summed E-state index contributed by atoms with van der Waals surface area (Å²) in [6.07, 6.45) is -0.590. The van der Waals surface area contributed by atoms with Crippen LogP contribution < -0.4 is 11.5 Å². The number of carboxylic acid groups (broad SMARTS) is 1. The van der Waals surface area contributed by atoms with Gasteiger partial charge in [0.05, 0.1) is 6.61 Å². The van der Waals surface area contributed by atoms with Crippen molar-refractivity contribution in [3.8, 4) is 0 Å². The lowest BCUT2D eigenvalue weighted by Crippen LogP contribution is -2.33. The van der Waals surface area contributed by atoms with Gasteiger partial charge in [0.2, 0.25) is 6.23 Å². The van der Waals surface area contributed by atoms with Gasteiger partial charge in [0.15, 0.2) is 0 Å². The van der Waals surface area contributed by atoms with Crippen LogP contribution in [-0.2, 0) is 9.53 Å². The summed E-state index contributed by atoms with van der Waals surface area (Å²) in [6, 6.07) is 0. The Morgan fingerprint density at radius 1 is 1.70 bits per heavy atom. The first kappa shape index (κ1) is 9.35. The summed E-state index contributed by atoms with van der Waals surface area (Å²) in [7, 11) is 0. The molecule has 0 bridgehead atoms. The molecular formula is C5H12N2O3. The molecule has 0 aromatic carbocycles. The highest BCUT2D eigenvalue weighted by atomic mass is 16.5. The molecule has 0 rings (SSSR count). The summed E-state index contributed by atoms with van der Waals surface area (Å²) in [5.41, 5.74) is 10.1. The van der Waals surface area contributed by atoms with Crippen LogP contribution in [0.3, 0.4) is 0 Å². The van der Waals surface area contributed by atoms with E-state index in [1.165, 1.54) is 0 Å². The van der Waals surface area contributed by atoms with Gasteiger partial charge < -0.3 is 15.6 Å². The molecule has 0 radical (unpaired) electrons. The smallest absolute Gasteiger partial charge is 0.347 e. The van der Waals surface area contributed by atoms with E-state index in [9.17, 15) is 4.79 Å². The van der Waals surface area contributed by atoms with Crippen LogP contribution in [0.25, 0.3) is 0 Å². The van der Waals surface area contributed by atoms with Crippen molar-refractivity contribution < 1.29 is 14.6 Å². The molecule has 5 heteroatoms. The largest absolute Gasteiger partial charge is 0.478 e. The van der Waals surface area contributed by atoms with E-state index in [0.29, 0.717) is 19.6 Å². The topological polar surface area (TPSA) is 98.6 Å². The molecule has 5 N–H and O–H groups in total. The summed E-state index contributed by atoms with van der Waals surface area (Å²) in [4.78, 5) is 10.0. The van der Waals surface area contributed by atoms with Gasteiger partial charge in [0.1, 0.15) is 0 Å². The molecule has 0 aromatic heterocycles. The second-order valence-electron chi connectivity index (χ2n) is 1.77. The molecule has 0 fully saturated rings. The number of carbonyl (C=O) groups is 1. The monoisotopic (exact) mass is 148 g/mol. The Balaban J connectivity index is 3.21. The second kappa shape index (κ2) is 5.16. The van der Waals surface area contributed by atoms with Gasteiger partial charge in [-0.1, -0.05) is 0 Å². The number of hydrogen-bond donors (Lipinski definition) is 3. The Bertz CT molecular complexity index is 107.